The average Bonchev–Trinajstić information content (AvgIpc) is 2.48. The van der Waals surface area contributed by atoms with Crippen molar-refractivity contribution < 1.29 is 9.90 Å². The largest absolute Gasteiger partial charge is 0.478 e. The summed E-state index contributed by atoms with van der Waals surface area (Å²) in [6.45, 7) is 0.426. The Morgan fingerprint density at radius 1 is 1.05 bits per heavy atom. The van der Waals surface area contributed by atoms with Crippen LogP contribution in [0.1, 0.15) is 15.9 Å². The topological polar surface area (TPSA) is 65.3 Å². The fraction of sp³-hybridized carbons (Fsp3) is 0.188. The Kier molecular flexibility index (Phi) is 4.66. The van der Waals surface area contributed by atoms with Crippen molar-refractivity contribution in [1.29, 1.82) is 0 Å². The highest BCUT2D eigenvalue weighted by atomic mass is 16.4. The molecule has 0 bridgehead atoms. The fourth-order valence-corrected chi connectivity index (χ4v) is 1.77. The zero-order valence-corrected chi connectivity index (χ0v) is 12.0. The highest BCUT2D eigenvalue weighted by Gasteiger charge is 2.01. The number of anilines is 1. The molecule has 0 fully saturated rings. The molecule has 2 aromatic carbocycles. The van der Waals surface area contributed by atoms with Gasteiger partial charge in [-0.2, -0.15) is 10.2 Å². The van der Waals surface area contributed by atoms with Crippen LogP contribution >= 0.6 is 0 Å². The van der Waals surface area contributed by atoms with E-state index in [0.29, 0.717) is 6.54 Å². The average molecular weight is 283 g/mol. The van der Waals surface area contributed by atoms with Gasteiger partial charge in [0, 0.05) is 19.8 Å². The second kappa shape index (κ2) is 6.65. The molecule has 0 aliphatic rings. The highest BCUT2D eigenvalue weighted by Crippen LogP contribution is 2.18. The Morgan fingerprint density at radius 2 is 1.67 bits per heavy atom. The van der Waals surface area contributed by atoms with Gasteiger partial charge in [0.2, 0.25) is 0 Å². The van der Waals surface area contributed by atoms with Crippen LogP contribution in [0.2, 0.25) is 0 Å². The molecule has 0 aliphatic carbocycles. The number of azo groups is 1. The maximum atomic E-state index is 10.7. The summed E-state index contributed by atoms with van der Waals surface area (Å²) in [6, 6.07) is 14.4. The van der Waals surface area contributed by atoms with Gasteiger partial charge in [0.15, 0.2) is 0 Å². The van der Waals surface area contributed by atoms with Crippen LogP contribution in [-0.2, 0) is 6.54 Å². The van der Waals surface area contributed by atoms with Gasteiger partial charge in [-0.15, -0.1) is 0 Å². The van der Waals surface area contributed by atoms with Gasteiger partial charge in [-0.05, 0) is 42.0 Å². The summed E-state index contributed by atoms with van der Waals surface area (Å²) < 4.78 is 0. The summed E-state index contributed by atoms with van der Waals surface area (Å²) in [5.74, 6) is -0.927. The van der Waals surface area contributed by atoms with E-state index >= 15 is 0 Å². The van der Waals surface area contributed by atoms with Gasteiger partial charge < -0.3 is 10.0 Å². The van der Waals surface area contributed by atoms with Crippen molar-refractivity contribution in [2.45, 2.75) is 6.54 Å². The quantitative estimate of drug-likeness (QED) is 0.850. The zero-order valence-electron chi connectivity index (χ0n) is 12.0. The van der Waals surface area contributed by atoms with Crippen molar-refractivity contribution >= 4 is 17.3 Å². The molecule has 0 aliphatic heterocycles. The third-order valence-corrected chi connectivity index (χ3v) is 3.01. The molecule has 5 heteroatoms. The Bertz CT molecular complexity index is 632. The van der Waals surface area contributed by atoms with E-state index in [1.807, 2.05) is 43.3 Å². The molecule has 0 amide bonds. The first-order valence-corrected chi connectivity index (χ1v) is 6.53. The van der Waals surface area contributed by atoms with Gasteiger partial charge in [0.25, 0.3) is 0 Å². The van der Waals surface area contributed by atoms with E-state index in [2.05, 4.69) is 10.2 Å². The lowest BCUT2D eigenvalue weighted by atomic mass is 10.1. The molecule has 0 aromatic heterocycles. The van der Waals surface area contributed by atoms with Gasteiger partial charge in [0.05, 0.1) is 17.8 Å². The lowest BCUT2D eigenvalue weighted by Gasteiger charge is -2.11. The fourth-order valence-electron chi connectivity index (χ4n) is 1.77. The van der Waals surface area contributed by atoms with E-state index in [-0.39, 0.29) is 5.56 Å². The van der Waals surface area contributed by atoms with E-state index in [1.54, 1.807) is 24.3 Å². The second-order valence-electron chi connectivity index (χ2n) is 4.81. The van der Waals surface area contributed by atoms with Crippen molar-refractivity contribution in [3.8, 4) is 0 Å². The summed E-state index contributed by atoms with van der Waals surface area (Å²) >= 11 is 0. The van der Waals surface area contributed by atoms with Crippen molar-refractivity contribution in [3.63, 3.8) is 0 Å². The van der Waals surface area contributed by atoms with Crippen LogP contribution in [0.3, 0.4) is 0 Å². The van der Waals surface area contributed by atoms with Gasteiger partial charge in [-0.1, -0.05) is 12.1 Å². The van der Waals surface area contributed by atoms with Crippen molar-refractivity contribution in [2.24, 2.45) is 10.2 Å². The maximum absolute atomic E-state index is 10.7. The molecule has 0 heterocycles. The number of nitrogens with zero attached hydrogens (tertiary/aromatic N) is 3. The van der Waals surface area contributed by atoms with Gasteiger partial charge in [-0.25, -0.2) is 4.79 Å². The number of carbonyl (C=O) groups is 1. The molecule has 21 heavy (non-hydrogen) atoms. The van der Waals surface area contributed by atoms with Crippen molar-refractivity contribution in [2.75, 3.05) is 19.0 Å². The first-order valence-electron chi connectivity index (χ1n) is 6.53. The standard InChI is InChI=1S/C16H17N3O2/c1-19(2)15-9-7-14(8-10-15)18-17-11-12-3-5-13(6-4-12)16(20)21/h3-10H,11H2,1-2H3,(H,20,21). The number of benzene rings is 2. The monoisotopic (exact) mass is 283 g/mol. The SMILES string of the molecule is CN(C)c1ccc(N=NCc2ccc(C(=O)O)cc2)cc1. The second-order valence-corrected chi connectivity index (χ2v) is 4.81. The minimum absolute atomic E-state index is 0.273. The molecule has 2 aromatic rings. The van der Waals surface area contributed by atoms with E-state index < -0.39 is 5.97 Å². The zero-order chi connectivity index (χ0) is 15.2. The lowest BCUT2D eigenvalue weighted by Crippen LogP contribution is -2.07. The molecule has 0 atom stereocenters. The van der Waals surface area contributed by atoms with Gasteiger partial charge in [-0.3, -0.25) is 0 Å². The first kappa shape index (κ1) is 14.7. The molecule has 2 rings (SSSR count). The van der Waals surface area contributed by atoms with Crippen LogP contribution in [-0.4, -0.2) is 25.2 Å². The summed E-state index contributed by atoms with van der Waals surface area (Å²) in [5, 5.41) is 17.1. The minimum atomic E-state index is -0.927. The molecule has 0 saturated heterocycles. The third-order valence-electron chi connectivity index (χ3n) is 3.01. The Hall–Kier alpha value is -2.69. The molecule has 0 spiro atoms. The Balaban J connectivity index is 1.97. The van der Waals surface area contributed by atoms with Crippen molar-refractivity contribution in [3.05, 3.63) is 59.7 Å². The summed E-state index contributed by atoms with van der Waals surface area (Å²) in [5.41, 5.74) is 3.10. The summed E-state index contributed by atoms with van der Waals surface area (Å²) in [7, 11) is 3.97. The van der Waals surface area contributed by atoms with Gasteiger partial charge in [0.1, 0.15) is 0 Å². The predicted molar refractivity (Wildman–Crippen MR) is 82.4 cm³/mol. The summed E-state index contributed by atoms with van der Waals surface area (Å²) in [4.78, 5) is 12.8. The van der Waals surface area contributed by atoms with Crippen LogP contribution in [0.15, 0.2) is 58.8 Å². The summed E-state index contributed by atoms with van der Waals surface area (Å²) in [6.07, 6.45) is 0. The molecular formula is C16H17N3O2. The molecule has 1 N–H and O–H groups in total. The first-order chi connectivity index (χ1) is 10.1. The van der Waals surface area contributed by atoms with E-state index in [4.69, 9.17) is 5.11 Å². The normalized spacial score (nSPS) is 10.8. The molecule has 0 radical (unpaired) electrons. The number of hydrogen-bond acceptors (Lipinski definition) is 4. The molecule has 0 unspecified atom stereocenters. The van der Waals surface area contributed by atoms with E-state index in [9.17, 15) is 4.79 Å². The number of carboxylic acid groups (broad SMARTS) is 1. The number of carboxylic acids is 1. The van der Waals surface area contributed by atoms with Gasteiger partial charge >= 0.3 is 5.97 Å². The van der Waals surface area contributed by atoms with Crippen molar-refractivity contribution in [1.82, 2.24) is 0 Å². The van der Waals surface area contributed by atoms with E-state index in [0.717, 1.165) is 16.9 Å². The predicted octanol–water partition coefficient (Wildman–Crippen LogP) is 3.73. The number of rotatable bonds is 5. The Labute approximate surface area is 123 Å². The number of hydrogen-bond donors (Lipinski definition) is 1. The third kappa shape index (κ3) is 4.14. The highest BCUT2D eigenvalue weighted by molar-refractivity contribution is 5.87. The number of aromatic carboxylic acids is 1. The Morgan fingerprint density at radius 3 is 2.19 bits per heavy atom. The van der Waals surface area contributed by atoms with Crippen LogP contribution < -0.4 is 4.90 Å². The van der Waals surface area contributed by atoms with Crippen LogP contribution in [0.25, 0.3) is 0 Å². The molecule has 108 valence electrons. The molecular weight excluding hydrogens is 266 g/mol. The minimum Gasteiger partial charge on any atom is -0.478 e. The molecule has 5 nitrogen and oxygen atoms in total. The van der Waals surface area contributed by atoms with E-state index in [1.165, 1.54) is 0 Å². The lowest BCUT2D eigenvalue weighted by molar-refractivity contribution is 0.0697. The van der Waals surface area contributed by atoms with Crippen LogP contribution in [0.4, 0.5) is 11.4 Å². The van der Waals surface area contributed by atoms with Crippen LogP contribution in [0.5, 0.6) is 0 Å². The van der Waals surface area contributed by atoms with Crippen LogP contribution in [0, 0.1) is 0 Å². The maximum Gasteiger partial charge on any atom is 0.335 e. The smallest absolute Gasteiger partial charge is 0.335 e. The molecule has 0 saturated carbocycles.